The number of aryl methyl sites for hydroxylation is 1. The number of carbonyl (C=O) groups is 1. The molecule has 2 atom stereocenters. The van der Waals surface area contributed by atoms with Gasteiger partial charge in [0, 0.05) is 49.8 Å². The minimum atomic E-state index is -1.45. The molecule has 0 spiro atoms. The van der Waals surface area contributed by atoms with Crippen LogP contribution in [-0.2, 0) is 15.1 Å². The Balaban J connectivity index is 0.000000180. The van der Waals surface area contributed by atoms with Crippen molar-refractivity contribution in [3.8, 4) is 33.9 Å². The molecule has 0 unspecified atom stereocenters. The number of nitrogen functional groups attached to an aromatic ring is 1. The Bertz CT molecular complexity index is 2310. The van der Waals surface area contributed by atoms with Crippen molar-refractivity contribution in [2.24, 2.45) is 0 Å². The summed E-state index contributed by atoms with van der Waals surface area (Å²) in [6.45, 7) is 6.69. The molecular formula is C41H39ClCuF2N7O3. The van der Waals surface area contributed by atoms with Gasteiger partial charge in [-0.2, -0.15) is 0 Å². The Kier molecular flexibility index (Phi) is 12.3. The number of carboxylic acids is 1. The average molecular weight is 815 g/mol. The van der Waals surface area contributed by atoms with Crippen LogP contribution in [0.2, 0.25) is 0 Å². The average Bonchev–Trinajstić information content (AvgIpc) is 4.04. The third kappa shape index (κ3) is 8.55. The molecule has 4 N–H and O–H groups in total. The molecule has 10 nitrogen and oxygen atoms in total. The SMILES string of the molecule is C[C@@H]1CN(c2c(F)c(N)c3c(=O)c(C(=O)O)cn(C4CC4)c3c2F)C[C@H](C)N1.Cc1ccc(-c2cc(-c3ccccn3)nc(-c3ccccn3)c2)cc1.[Cl][Cu]. The van der Waals surface area contributed by atoms with Crippen LogP contribution in [0.4, 0.5) is 20.2 Å². The second-order valence-corrected chi connectivity index (χ2v) is 13.7. The Morgan fingerprint density at radius 3 is 1.93 bits per heavy atom. The summed E-state index contributed by atoms with van der Waals surface area (Å²) in [6.07, 6.45) is 6.18. The summed E-state index contributed by atoms with van der Waals surface area (Å²) >= 11 is 3.66. The number of rotatable bonds is 6. The molecule has 14 heteroatoms. The van der Waals surface area contributed by atoms with Gasteiger partial charge in [0.2, 0.25) is 5.43 Å². The van der Waals surface area contributed by atoms with E-state index in [0.29, 0.717) is 13.1 Å². The first-order valence-corrected chi connectivity index (χ1v) is 18.9. The van der Waals surface area contributed by atoms with Gasteiger partial charge in [-0.1, -0.05) is 42.0 Å². The van der Waals surface area contributed by atoms with Crippen molar-refractivity contribution in [2.45, 2.75) is 51.7 Å². The number of benzene rings is 2. The van der Waals surface area contributed by atoms with E-state index in [4.69, 9.17) is 10.7 Å². The Labute approximate surface area is 329 Å². The molecule has 0 radical (unpaired) electrons. The first-order valence-electron chi connectivity index (χ1n) is 17.6. The molecule has 8 rings (SSSR count). The Hall–Kier alpha value is -5.20. The number of hydrogen-bond acceptors (Lipinski definition) is 8. The summed E-state index contributed by atoms with van der Waals surface area (Å²) in [7, 11) is 4.20. The van der Waals surface area contributed by atoms with Crippen LogP contribution in [0, 0.1) is 18.6 Å². The van der Waals surface area contributed by atoms with Crippen molar-refractivity contribution >= 4 is 38.3 Å². The fourth-order valence-electron chi connectivity index (χ4n) is 6.87. The van der Waals surface area contributed by atoms with Crippen molar-refractivity contribution in [1.82, 2.24) is 24.8 Å². The van der Waals surface area contributed by atoms with E-state index in [1.54, 1.807) is 17.3 Å². The maximum absolute atomic E-state index is 15.6. The van der Waals surface area contributed by atoms with E-state index in [1.807, 2.05) is 50.2 Å². The number of aromatic nitrogens is 4. The number of aromatic carboxylic acids is 1. The van der Waals surface area contributed by atoms with Crippen molar-refractivity contribution in [3.05, 3.63) is 124 Å². The predicted octanol–water partition coefficient (Wildman–Crippen LogP) is 7.95. The molecule has 288 valence electrons. The van der Waals surface area contributed by atoms with Crippen LogP contribution in [0.5, 0.6) is 0 Å². The fraction of sp³-hybridized carbons (Fsp3) is 0.244. The van der Waals surface area contributed by atoms with Gasteiger partial charge in [-0.05, 0) is 81.1 Å². The molecule has 1 aliphatic carbocycles. The van der Waals surface area contributed by atoms with Gasteiger partial charge in [-0.15, -0.1) is 0 Å². The van der Waals surface area contributed by atoms with Crippen LogP contribution in [0.1, 0.15) is 48.7 Å². The molecule has 1 aliphatic heterocycles. The van der Waals surface area contributed by atoms with Crippen LogP contribution < -0.4 is 21.4 Å². The van der Waals surface area contributed by atoms with E-state index in [0.717, 1.165) is 52.9 Å². The summed E-state index contributed by atoms with van der Waals surface area (Å²) in [4.78, 5) is 39.4. The van der Waals surface area contributed by atoms with Gasteiger partial charge < -0.3 is 25.6 Å². The molecule has 1 saturated carbocycles. The molecule has 1 saturated heterocycles. The number of nitrogens with zero attached hydrogens (tertiary/aromatic N) is 5. The van der Waals surface area contributed by atoms with Gasteiger partial charge in [0.1, 0.15) is 11.3 Å². The number of anilines is 2. The topological polar surface area (TPSA) is 139 Å². The van der Waals surface area contributed by atoms with Crippen LogP contribution in [0.25, 0.3) is 44.8 Å². The molecule has 5 heterocycles. The van der Waals surface area contributed by atoms with E-state index in [2.05, 4.69) is 83.8 Å². The van der Waals surface area contributed by atoms with Gasteiger partial charge in [-0.25, -0.2) is 18.6 Å². The zero-order valence-corrected chi connectivity index (χ0v) is 31.9. The van der Waals surface area contributed by atoms with Crippen molar-refractivity contribution < 1.29 is 33.8 Å². The van der Waals surface area contributed by atoms with Crippen LogP contribution >= 0.6 is 10.1 Å². The molecular weight excluding hydrogens is 775 g/mol. The zero-order chi connectivity index (χ0) is 39.4. The number of pyridine rings is 4. The summed E-state index contributed by atoms with van der Waals surface area (Å²) in [5.74, 6) is -3.34. The summed E-state index contributed by atoms with van der Waals surface area (Å²) in [6, 6.07) is 24.3. The van der Waals surface area contributed by atoms with E-state index >= 15 is 8.78 Å². The first-order chi connectivity index (χ1) is 26.5. The Morgan fingerprint density at radius 2 is 1.44 bits per heavy atom. The van der Waals surface area contributed by atoms with Crippen molar-refractivity contribution in [3.63, 3.8) is 0 Å². The normalized spacial score (nSPS) is 16.5. The third-order valence-electron chi connectivity index (χ3n) is 9.47. The number of carboxylic acid groups (broad SMARTS) is 1. The van der Waals surface area contributed by atoms with Crippen LogP contribution in [0.3, 0.4) is 0 Å². The van der Waals surface area contributed by atoms with Gasteiger partial charge in [0.05, 0.1) is 39.4 Å². The number of nitrogens with one attached hydrogen (secondary N) is 1. The standard InChI is InChI=1S/C22H17N3.C19H22F2N4O3.ClH.Cu/c1-16-8-10-17(11-9-16)18-14-21(19-6-2-4-12-23-19)25-22(15-18)20-7-3-5-13-24-20;1-8-5-24(6-9(2)23-8)17-13(20)15(22)12-16(14(17)21)25(10-3-4-10)7-11(18(12)26)19(27)28;;/h2-15H,1H3;7-10,23H,3-6,22H2,1-2H3,(H,27,28);1H;/q;;;+1/p-1/t;8-,9+;;. The molecule has 55 heavy (non-hydrogen) atoms. The van der Waals surface area contributed by atoms with Crippen LogP contribution in [0.15, 0.2) is 96.2 Å². The van der Waals surface area contributed by atoms with Gasteiger partial charge >= 0.3 is 31.2 Å². The number of fused-ring (bicyclic) bond motifs is 1. The molecule has 0 bridgehead atoms. The molecule has 2 fully saturated rings. The minimum absolute atomic E-state index is 0.0134. The zero-order valence-electron chi connectivity index (χ0n) is 30.2. The van der Waals surface area contributed by atoms with E-state index in [9.17, 15) is 14.7 Å². The van der Waals surface area contributed by atoms with E-state index < -0.39 is 39.7 Å². The van der Waals surface area contributed by atoms with Crippen molar-refractivity contribution in [1.29, 1.82) is 0 Å². The second-order valence-electron chi connectivity index (χ2n) is 13.7. The van der Waals surface area contributed by atoms with Gasteiger partial charge in [0.15, 0.2) is 11.6 Å². The second kappa shape index (κ2) is 17.1. The van der Waals surface area contributed by atoms with Gasteiger partial charge in [-0.3, -0.25) is 14.8 Å². The number of nitrogens with two attached hydrogens (primary N) is 1. The number of piperazine rings is 1. The molecule has 0 amide bonds. The first kappa shape index (κ1) is 39.5. The van der Waals surface area contributed by atoms with E-state index in [1.165, 1.54) is 10.1 Å². The number of hydrogen-bond donors (Lipinski definition) is 3. The Morgan fingerprint density at radius 1 is 0.873 bits per heavy atom. The predicted molar refractivity (Wildman–Crippen MR) is 209 cm³/mol. The number of halogens is 3. The fourth-order valence-corrected chi connectivity index (χ4v) is 6.87. The van der Waals surface area contributed by atoms with Crippen molar-refractivity contribution in [2.75, 3.05) is 23.7 Å². The molecule has 2 aromatic carbocycles. The quantitative estimate of drug-likeness (QED) is 0.113. The maximum atomic E-state index is 15.6. The van der Waals surface area contributed by atoms with E-state index in [-0.39, 0.29) is 29.3 Å². The molecule has 2 aliphatic rings. The third-order valence-corrected chi connectivity index (χ3v) is 9.47. The molecule has 6 aromatic rings. The molecule has 4 aromatic heterocycles. The van der Waals surface area contributed by atoms with Gasteiger partial charge in [0.25, 0.3) is 0 Å². The monoisotopic (exact) mass is 813 g/mol. The summed E-state index contributed by atoms with van der Waals surface area (Å²) in [5.41, 5.74) is 10.4. The van der Waals surface area contributed by atoms with Crippen LogP contribution in [-0.4, -0.2) is 55.8 Å². The summed E-state index contributed by atoms with van der Waals surface area (Å²) < 4.78 is 32.2. The summed E-state index contributed by atoms with van der Waals surface area (Å²) in [5, 5.41) is 12.2.